The Morgan fingerprint density at radius 3 is 2.81 bits per heavy atom. The van der Waals surface area contributed by atoms with Gasteiger partial charge in [0.1, 0.15) is 15.6 Å². The smallest absolute Gasteiger partial charge is 0.239 e. The van der Waals surface area contributed by atoms with Crippen molar-refractivity contribution in [3.63, 3.8) is 0 Å². The van der Waals surface area contributed by atoms with Crippen molar-refractivity contribution in [1.82, 2.24) is 4.90 Å². The topological polar surface area (TPSA) is 101 Å². The van der Waals surface area contributed by atoms with Gasteiger partial charge in [-0.3, -0.25) is 4.79 Å². The van der Waals surface area contributed by atoms with E-state index in [2.05, 4.69) is 0 Å². The molecule has 1 unspecified atom stereocenters. The Bertz CT molecular complexity index is 642. The summed E-state index contributed by atoms with van der Waals surface area (Å²) in [4.78, 5) is 13.9. The van der Waals surface area contributed by atoms with Gasteiger partial charge in [-0.05, 0) is 36.1 Å². The first-order valence-electron chi connectivity index (χ1n) is 6.79. The maximum absolute atomic E-state index is 12.3. The number of phenols is 1. The van der Waals surface area contributed by atoms with Crippen LogP contribution in [-0.2, 0) is 27.6 Å². The summed E-state index contributed by atoms with van der Waals surface area (Å²) in [7, 11) is -3.12. The molecule has 0 spiro atoms. The molecule has 0 aliphatic carbocycles. The number of hydrogen-bond donors (Lipinski definition) is 2. The Labute approximate surface area is 124 Å². The van der Waals surface area contributed by atoms with Crippen LogP contribution in [0.4, 0.5) is 0 Å². The van der Waals surface area contributed by atoms with Gasteiger partial charge in [-0.1, -0.05) is 6.07 Å². The summed E-state index contributed by atoms with van der Waals surface area (Å²) in [5.74, 6) is -0.164. The molecule has 1 aliphatic rings. The summed E-state index contributed by atoms with van der Waals surface area (Å²) in [5.41, 5.74) is 7.82. The average Bonchev–Trinajstić information content (AvgIpc) is 2.42. The molecule has 1 heterocycles. The molecule has 21 heavy (non-hydrogen) atoms. The number of benzene rings is 1. The second-order valence-electron chi connectivity index (χ2n) is 5.49. The zero-order chi connectivity index (χ0) is 15.6. The molecule has 6 nitrogen and oxygen atoms in total. The quantitative estimate of drug-likeness (QED) is 0.817. The Kier molecular flexibility index (Phi) is 4.53. The number of sulfone groups is 1. The molecular weight excluding hydrogens is 292 g/mol. The maximum Gasteiger partial charge on any atom is 0.239 e. The summed E-state index contributed by atoms with van der Waals surface area (Å²) >= 11 is 0. The van der Waals surface area contributed by atoms with Gasteiger partial charge in [-0.2, -0.15) is 0 Å². The molecule has 0 fully saturated rings. The lowest BCUT2D eigenvalue weighted by Gasteiger charge is -2.31. The fourth-order valence-electron chi connectivity index (χ4n) is 2.43. The predicted octanol–water partition coefficient (Wildman–Crippen LogP) is 0.0389. The van der Waals surface area contributed by atoms with Crippen molar-refractivity contribution in [1.29, 1.82) is 0 Å². The van der Waals surface area contributed by atoms with E-state index in [0.717, 1.165) is 17.4 Å². The fraction of sp³-hybridized carbons (Fsp3) is 0.500. The highest BCUT2D eigenvalue weighted by atomic mass is 32.2. The van der Waals surface area contributed by atoms with Crippen LogP contribution in [0.5, 0.6) is 5.75 Å². The van der Waals surface area contributed by atoms with Crippen LogP contribution in [0.25, 0.3) is 0 Å². The second-order valence-corrected chi connectivity index (χ2v) is 7.75. The van der Waals surface area contributed by atoms with E-state index >= 15 is 0 Å². The molecule has 1 aromatic carbocycles. The van der Waals surface area contributed by atoms with E-state index < -0.39 is 15.9 Å². The van der Waals surface area contributed by atoms with Crippen LogP contribution in [0.1, 0.15) is 17.5 Å². The monoisotopic (exact) mass is 312 g/mol. The number of hydrogen-bond acceptors (Lipinski definition) is 5. The number of amides is 1. The molecule has 0 saturated heterocycles. The molecule has 3 N–H and O–H groups in total. The SMILES string of the molecule is CS(=O)(=O)CCC(N)C(=O)N1CCc2ccc(O)cc2C1. The molecule has 1 aliphatic heterocycles. The maximum atomic E-state index is 12.3. The number of carbonyl (C=O) groups is 1. The molecule has 0 bridgehead atoms. The number of aromatic hydroxyl groups is 1. The fourth-order valence-corrected chi connectivity index (χ4v) is 3.11. The molecule has 0 aromatic heterocycles. The molecule has 116 valence electrons. The van der Waals surface area contributed by atoms with E-state index in [9.17, 15) is 18.3 Å². The number of nitrogens with two attached hydrogens (primary N) is 1. The van der Waals surface area contributed by atoms with E-state index in [1.54, 1.807) is 17.0 Å². The van der Waals surface area contributed by atoms with Gasteiger partial charge >= 0.3 is 0 Å². The van der Waals surface area contributed by atoms with E-state index in [1.165, 1.54) is 0 Å². The lowest BCUT2D eigenvalue weighted by Crippen LogP contribution is -2.46. The molecule has 2 rings (SSSR count). The molecule has 1 aromatic rings. The van der Waals surface area contributed by atoms with Crippen LogP contribution in [0.2, 0.25) is 0 Å². The highest BCUT2D eigenvalue weighted by molar-refractivity contribution is 7.90. The lowest BCUT2D eigenvalue weighted by atomic mass is 9.99. The minimum absolute atomic E-state index is 0.0921. The Balaban J connectivity index is 2.01. The summed E-state index contributed by atoms with van der Waals surface area (Å²) in [6, 6.07) is 4.33. The molecule has 1 amide bonds. The van der Waals surface area contributed by atoms with Crippen LogP contribution in [-0.4, -0.2) is 48.9 Å². The molecule has 1 atom stereocenters. The van der Waals surface area contributed by atoms with Crippen LogP contribution < -0.4 is 5.73 Å². The van der Waals surface area contributed by atoms with E-state index in [0.29, 0.717) is 19.5 Å². The summed E-state index contributed by atoms with van der Waals surface area (Å²) in [6.07, 6.45) is 1.96. The van der Waals surface area contributed by atoms with Gasteiger partial charge < -0.3 is 15.7 Å². The number of fused-ring (bicyclic) bond motifs is 1. The Morgan fingerprint density at radius 1 is 1.43 bits per heavy atom. The van der Waals surface area contributed by atoms with Crippen molar-refractivity contribution in [2.75, 3.05) is 18.6 Å². The van der Waals surface area contributed by atoms with Crippen LogP contribution >= 0.6 is 0 Å². The third kappa shape index (κ3) is 4.18. The largest absolute Gasteiger partial charge is 0.508 e. The number of rotatable bonds is 4. The van der Waals surface area contributed by atoms with Gasteiger partial charge in [0, 0.05) is 19.3 Å². The number of phenolic OH excluding ortho intramolecular Hbond substituents is 1. The van der Waals surface area contributed by atoms with Crippen molar-refractivity contribution < 1.29 is 18.3 Å². The van der Waals surface area contributed by atoms with E-state index in [-0.39, 0.29) is 23.8 Å². The van der Waals surface area contributed by atoms with Crippen LogP contribution in [0.15, 0.2) is 18.2 Å². The van der Waals surface area contributed by atoms with Crippen LogP contribution in [0.3, 0.4) is 0 Å². The lowest BCUT2D eigenvalue weighted by molar-refractivity contribution is -0.133. The standard InChI is InChI=1S/C14H20N2O4S/c1-21(19,20)7-5-13(15)14(18)16-6-4-10-2-3-12(17)8-11(10)9-16/h2-3,8,13,17H,4-7,9,15H2,1H3. The first-order chi connectivity index (χ1) is 9.76. The molecule has 7 heteroatoms. The van der Waals surface area contributed by atoms with Gasteiger partial charge in [0.15, 0.2) is 0 Å². The highest BCUT2D eigenvalue weighted by Crippen LogP contribution is 2.23. The van der Waals surface area contributed by atoms with Gasteiger partial charge in [-0.15, -0.1) is 0 Å². The normalized spacial score (nSPS) is 16.4. The zero-order valence-electron chi connectivity index (χ0n) is 11.9. The minimum Gasteiger partial charge on any atom is -0.508 e. The van der Waals surface area contributed by atoms with E-state index in [4.69, 9.17) is 5.73 Å². The first kappa shape index (κ1) is 15.8. The summed E-state index contributed by atoms with van der Waals surface area (Å²) < 4.78 is 22.3. The van der Waals surface area contributed by atoms with Gasteiger partial charge in [0.2, 0.25) is 5.91 Å². The van der Waals surface area contributed by atoms with Gasteiger partial charge in [0.25, 0.3) is 0 Å². The zero-order valence-corrected chi connectivity index (χ0v) is 12.8. The second kappa shape index (κ2) is 6.03. The summed E-state index contributed by atoms with van der Waals surface area (Å²) in [5, 5.41) is 9.50. The first-order valence-corrected chi connectivity index (χ1v) is 8.85. The van der Waals surface area contributed by atoms with Crippen molar-refractivity contribution >= 4 is 15.7 Å². The third-order valence-corrected chi connectivity index (χ3v) is 4.61. The third-order valence-electron chi connectivity index (χ3n) is 3.63. The number of nitrogens with zero attached hydrogens (tertiary/aromatic N) is 1. The molecule has 0 saturated carbocycles. The van der Waals surface area contributed by atoms with Crippen LogP contribution in [0, 0.1) is 0 Å². The van der Waals surface area contributed by atoms with Gasteiger partial charge in [-0.25, -0.2) is 8.42 Å². The number of carbonyl (C=O) groups excluding carboxylic acids is 1. The minimum atomic E-state index is -3.12. The Hall–Kier alpha value is -1.60. The predicted molar refractivity (Wildman–Crippen MR) is 79.5 cm³/mol. The van der Waals surface area contributed by atoms with Crippen molar-refractivity contribution in [3.8, 4) is 5.75 Å². The molecule has 0 radical (unpaired) electrons. The average molecular weight is 312 g/mol. The van der Waals surface area contributed by atoms with Crippen molar-refractivity contribution in [2.45, 2.75) is 25.4 Å². The summed E-state index contributed by atoms with van der Waals surface area (Å²) in [6.45, 7) is 0.957. The molecular formula is C14H20N2O4S. The van der Waals surface area contributed by atoms with Crippen molar-refractivity contribution in [2.24, 2.45) is 5.73 Å². The Morgan fingerprint density at radius 2 is 2.14 bits per heavy atom. The van der Waals surface area contributed by atoms with E-state index in [1.807, 2.05) is 6.07 Å². The van der Waals surface area contributed by atoms with Gasteiger partial charge in [0.05, 0.1) is 11.8 Å². The van der Waals surface area contributed by atoms with Crippen molar-refractivity contribution in [3.05, 3.63) is 29.3 Å². The highest BCUT2D eigenvalue weighted by Gasteiger charge is 2.25.